The van der Waals surface area contributed by atoms with Crippen LogP contribution < -0.4 is 5.32 Å². The Hall–Kier alpha value is -1.13. The van der Waals surface area contributed by atoms with Crippen LogP contribution in [0.3, 0.4) is 0 Å². The lowest BCUT2D eigenvalue weighted by Crippen LogP contribution is -2.30. The van der Waals surface area contributed by atoms with Crippen LogP contribution in [0.1, 0.15) is 22.5 Å². The fraction of sp³-hybridized carbons (Fsp3) is 0.438. The van der Waals surface area contributed by atoms with Crippen molar-refractivity contribution >= 4 is 15.9 Å². The largest absolute Gasteiger partial charge is 0.316 e. The first-order chi connectivity index (χ1) is 9.51. The Kier molecular flexibility index (Phi) is 5.00. The molecule has 1 unspecified atom stereocenters. The highest BCUT2D eigenvalue weighted by atomic mass is 79.9. The quantitative estimate of drug-likeness (QED) is 0.909. The molecule has 108 valence electrons. The second-order valence-electron chi connectivity index (χ2n) is 5.29. The monoisotopic (exact) mass is 335 g/mol. The number of rotatable bonds is 5. The maximum Gasteiger partial charge on any atom is 0.0628 e. The average Bonchev–Trinajstić information content (AvgIpc) is 2.66. The van der Waals surface area contributed by atoms with Crippen molar-refractivity contribution in [2.45, 2.75) is 32.7 Å². The SMILES string of the molecule is CNC(Cc1ccc(Br)cc1)Cc1c(C)nn(C)c1C. The fourth-order valence-corrected chi connectivity index (χ4v) is 2.80. The van der Waals surface area contributed by atoms with E-state index in [4.69, 9.17) is 0 Å². The molecule has 3 nitrogen and oxygen atoms in total. The van der Waals surface area contributed by atoms with Gasteiger partial charge >= 0.3 is 0 Å². The molecule has 2 rings (SSSR count). The second kappa shape index (κ2) is 6.55. The van der Waals surface area contributed by atoms with Gasteiger partial charge in [-0.15, -0.1) is 0 Å². The van der Waals surface area contributed by atoms with Crippen LogP contribution in [-0.2, 0) is 19.9 Å². The smallest absolute Gasteiger partial charge is 0.0628 e. The highest BCUT2D eigenvalue weighted by molar-refractivity contribution is 9.10. The molecule has 1 heterocycles. The number of benzene rings is 1. The topological polar surface area (TPSA) is 29.9 Å². The Bertz CT molecular complexity index is 572. The van der Waals surface area contributed by atoms with Crippen LogP contribution in [0, 0.1) is 13.8 Å². The van der Waals surface area contributed by atoms with Crippen molar-refractivity contribution < 1.29 is 0 Å². The van der Waals surface area contributed by atoms with E-state index in [1.165, 1.54) is 16.8 Å². The zero-order chi connectivity index (χ0) is 14.7. The van der Waals surface area contributed by atoms with Gasteiger partial charge in [-0.2, -0.15) is 5.10 Å². The third-order valence-electron chi connectivity index (χ3n) is 3.91. The second-order valence-corrected chi connectivity index (χ2v) is 6.21. The summed E-state index contributed by atoms with van der Waals surface area (Å²) in [6.07, 6.45) is 2.04. The number of likely N-dealkylation sites (N-methyl/N-ethyl adjacent to an activating group) is 1. The summed E-state index contributed by atoms with van der Waals surface area (Å²) in [6, 6.07) is 8.98. The van der Waals surface area contributed by atoms with Gasteiger partial charge in [-0.3, -0.25) is 4.68 Å². The van der Waals surface area contributed by atoms with Crippen molar-refractivity contribution in [1.29, 1.82) is 0 Å². The van der Waals surface area contributed by atoms with Crippen LogP contribution in [0.2, 0.25) is 0 Å². The van der Waals surface area contributed by atoms with Gasteiger partial charge in [0.1, 0.15) is 0 Å². The Morgan fingerprint density at radius 1 is 1.20 bits per heavy atom. The van der Waals surface area contributed by atoms with Gasteiger partial charge in [-0.05, 0) is 57.0 Å². The Morgan fingerprint density at radius 3 is 2.35 bits per heavy atom. The molecule has 0 spiro atoms. The van der Waals surface area contributed by atoms with Crippen molar-refractivity contribution in [3.63, 3.8) is 0 Å². The van der Waals surface area contributed by atoms with E-state index in [9.17, 15) is 0 Å². The third kappa shape index (κ3) is 3.49. The number of halogens is 1. The van der Waals surface area contributed by atoms with Gasteiger partial charge < -0.3 is 5.32 Å². The number of nitrogens with zero attached hydrogens (tertiary/aromatic N) is 2. The van der Waals surface area contributed by atoms with Gasteiger partial charge in [0.15, 0.2) is 0 Å². The molecule has 0 fully saturated rings. The summed E-state index contributed by atoms with van der Waals surface area (Å²) >= 11 is 3.48. The number of hydrogen-bond acceptors (Lipinski definition) is 2. The first-order valence-corrected chi connectivity index (χ1v) is 7.71. The lowest BCUT2D eigenvalue weighted by molar-refractivity contribution is 0.553. The normalized spacial score (nSPS) is 12.7. The molecule has 0 aliphatic rings. The molecule has 1 aromatic heterocycles. The van der Waals surface area contributed by atoms with Crippen molar-refractivity contribution in [2.75, 3.05) is 7.05 Å². The molecule has 0 amide bonds. The lowest BCUT2D eigenvalue weighted by Gasteiger charge is -2.17. The number of nitrogens with one attached hydrogen (secondary N) is 1. The van der Waals surface area contributed by atoms with Crippen molar-refractivity contribution in [3.8, 4) is 0 Å². The van der Waals surface area contributed by atoms with E-state index < -0.39 is 0 Å². The van der Waals surface area contributed by atoms with Crippen LogP contribution in [0.15, 0.2) is 28.7 Å². The Balaban J connectivity index is 2.11. The van der Waals surface area contributed by atoms with Gasteiger partial charge in [0.25, 0.3) is 0 Å². The van der Waals surface area contributed by atoms with Crippen molar-refractivity contribution in [1.82, 2.24) is 15.1 Å². The Morgan fingerprint density at radius 2 is 1.85 bits per heavy atom. The summed E-state index contributed by atoms with van der Waals surface area (Å²) in [5, 5.41) is 7.93. The number of aryl methyl sites for hydroxylation is 2. The Labute approximate surface area is 129 Å². The summed E-state index contributed by atoms with van der Waals surface area (Å²) in [4.78, 5) is 0. The summed E-state index contributed by atoms with van der Waals surface area (Å²) in [5.74, 6) is 0. The summed E-state index contributed by atoms with van der Waals surface area (Å²) < 4.78 is 3.10. The standard InChI is InChI=1S/C16H22BrN3/c1-11-16(12(2)20(4)19-11)10-15(18-3)9-13-5-7-14(17)8-6-13/h5-8,15,18H,9-10H2,1-4H3. The maximum atomic E-state index is 4.50. The average molecular weight is 336 g/mol. The molecule has 0 saturated carbocycles. The molecule has 4 heteroatoms. The molecule has 0 aliphatic heterocycles. The van der Waals surface area contributed by atoms with E-state index >= 15 is 0 Å². The fourth-order valence-electron chi connectivity index (χ4n) is 2.54. The van der Waals surface area contributed by atoms with Gasteiger partial charge in [0, 0.05) is 23.3 Å². The molecule has 1 atom stereocenters. The molecule has 1 N–H and O–H groups in total. The molecule has 20 heavy (non-hydrogen) atoms. The molecule has 0 radical (unpaired) electrons. The van der Waals surface area contributed by atoms with Gasteiger partial charge in [-0.1, -0.05) is 28.1 Å². The number of aromatic nitrogens is 2. The summed E-state index contributed by atoms with van der Waals surface area (Å²) in [6.45, 7) is 4.23. The van der Waals surface area contributed by atoms with Crippen LogP contribution in [0.5, 0.6) is 0 Å². The molecule has 1 aromatic carbocycles. The first-order valence-electron chi connectivity index (χ1n) is 6.92. The molecule has 0 aliphatic carbocycles. The van der Waals surface area contributed by atoms with Gasteiger partial charge in [0.05, 0.1) is 5.69 Å². The molecule has 0 saturated heterocycles. The maximum absolute atomic E-state index is 4.50. The highest BCUT2D eigenvalue weighted by Crippen LogP contribution is 2.17. The first kappa shape index (κ1) is 15.3. The third-order valence-corrected chi connectivity index (χ3v) is 4.44. The molecule has 2 aromatic rings. The van der Waals surface area contributed by atoms with Crippen LogP contribution in [0.25, 0.3) is 0 Å². The van der Waals surface area contributed by atoms with Crippen LogP contribution in [0.4, 0.5) is 0 Å². The van der Waals surface area contributed by atoms with Gasteiger partial charge in [0.2, 0.25) is 0 Å². The van der Waals surface area contributed by atoms with E-state index in [0.29, 0.717) is 6.04 Å². The van der Waals surface area contributed by atoms with Crippen molar-refractivity contribution in [3.05, 3.63) is 51.3 Å². The van der Waals surface area contributed by atoms with Crippen molar-refractivity contribution in [2.24, 2.45) is 7.05 Å². The van der Waals surface area contributed by atoms with E-state index in [2.05, 4.69) is 64.5 Å². The van der Waals surface area contributed by atoms with E-state index in [1.807, 2.05) is 18.8 Å². The predicted molar refractivity (Wildman–Crippen MR) is 87.1 cm³/mol. The van der Waals surface area contributed by atoms with Gasteiger partial charge in [-0.25, -0.2) is 0 Å². The van der Waals surface area contributed by atoms with E-state index in [0.717, 1.165) is 23.0 Å². The summed E-state index contributed by atoms with van der Waals surface area (Å²) in [7, 11) is 4.04. The van der Waals surface area contributed by atoms with Crippen LogP contribution >= 0.6 is 15.9 Å². The lowest BCUT2D eigenvalue weighted by atomic mass is 9.98. The molecule has 0 bridgehead atoms. The zero-order valence-electron chi connectivity index (χ0n) is 12.6. The molecular formula is C16H22BrN3. The minimum Gasteiger partial charge on any atom is -0.316 e. The van der Waals surface area contributed by atoms with E-state index in [-0.39, 0.29) is 0 Å². The summed E-state index contributed by atoms with van der Waals surface area (Å²) in [5.41, 5.74) is 5.12. The minimum absolute atomic E-state index is 0.428. The van der Waals surface area contributed by atoms with E-state index in [1.54, 1.807) is 0 Å². The highest BCUT2D eigenvalue weighted by Gasteiger charge is 2.15. The predicted octanol–water partition coefficient (Wildman–Crippen LogP) is 3.17. The number of hydrogen-bond donors (Lipinski definition) is 1. The minimum atomic E-state index is 0.428. The molecular weight excluding hydrogens is 314 g/mol. The zero-order valence-corrected chi connectivity index (χ0v) is 14.2. The van der Waals surface area contributed by atoms with Crippen LogP contribution in [-0.4, -0.2) is 22.9 Å².